The van der Waals surface area contributed by atoms with Crippen LogP contribution in [0.1, 0.15) is 42.0 Å². The van der Waals surface area contributed by atoms with E-state index < -0.39 is 0 Å². The topological polar surface area (TPSA) is 38.9 Å². The van der Waals surface area contributed by atoms with Crippen molar-refractivity contribution in [2.24, 2.45) is 5.92 Å². The minimum Gasteiger partial charge on any atom is -0.423 e. The van der Waals surface area contributed by atoms with Gasteiger partial charge in [-0.25, -0.2) is 0 Å². The molecule has 3 nitrogen and oxygen atoms in total. The van der Waals surface area contributed by atoms with Gasteiger partial charge in [-0.15, -0.1) is 21.8 Å². The second-order valence-electron chi connectivity index (χ2n) is 4.57. The number of benzene rings is 1. The van der Waals surface area contributed by atoms with Crippen LogP contribution in [0.4, 0.5) is 0 Å². The molecule has 1 aromatic heterocycles. The van der Waals surface area contributed by atoms with Gasteiger partial charge in [0.05, 0.1) is 0 Å². The van der Waals surface area contributed by atoms with E-state index in [1.54, 1.807) is 0 Å². The first-order chi connectivity index (χ1) is 8.25. The number of aromatic nitrogens is 2. The van der Waals surface area contributed by atoms with Crippen LogP contribution in [0.3, 0.4) is 0 Å². The molecule has 1 aliphatic rings. The van der Waals surface area contributed by atoms with Gasteiger partial charge in [0, 0.05) is 5.92 Å². The number of alkyl halides is 1. The van der Waals surface area contributed by atoms with E-state index in [0.29, 0.717) is 17.7 Å². The van der Waals surface area contributed by atoms with Crippen molar-refractivity contribution < 1.29 is 4.42 Å². The van der Waals surface area contributed by atoms with Gasteiger partial charge in [-0.3, -0.25) is 0 Å². The standard InChI is InChI=1S/C13H13ClN2O/c1-8-7-10(8)12-15-16-13(17-12)11(14)9-5-3-2-4-6-9/h2-6,8,10-11H,7H2,1H3. The van der Waals surface area contributed by atoms with E-state index in [0.717, 1.165) is 17.9 Å². The summed E-state index contributed by atoms with van der Waals surface area (Å²) in [5.41, 5.74) is 0.980. The molecule has 1 heterocycles. The normalized spacial score (nSPS) is 24.6. The third kappa shape index (κ3) is 2.07. The molecule has 0 spiro atoms. The summed E-state index contributed by atoms with van der Waals surface area (Å²) in [7, 11) is 0. The molecule has 3 rings (SSSR count). The maximum Gasteiger partial charge on any atom is 0.238 e. The van der Waals surface area contributed by atoms with Crippen LogP contribution in [0, 0.1) is 5.92 Å². The third-order valence-electron chi connectivity index (χ3n) is 3.19. The third-order valence-corrected chi connectivity index (χ3v) is 3.63. The molecular weight excluding hydrogens is 236 g/mol. The van der Waals surface area contributed by atoms with Crippen molar-refractivity contribution in [3.8, 4) is 0 Å². The van der Waals surface area contributed by atoms with Crippen LogP contribution in [0.2, 0.25) is 0 Å². The summed E-state index contributed by atoms with van der Waals surface area (Å²) in [5, 5.41) is 7.76. The van der Waals surface area contributed by atoms with Crippen LogP contribution in [0.15, 0.2) is 34.7 Å². The quantitative estimate of drug-likeness (QED) is 0.780. The minimum absolute atomic E-state index is 0.355. The lowest BCUT2D eigenvalue weighted by Gasteiger charge is -2.03. The summed E-state index contributed by atoms with van der Waals surface area (Å²) in [6.45, 7) is 2.18. The highest BCUT2D eigenvalue weighted by atomic mass is 35.5. The van der Waals surface area contributed by atoms with Crippen molar-refractivity contribution in [1.82, 2.24) is 10.2 Å². The number of hydrogen-bond acceptors (Lipinski definition) is 3. The maximum atomic E-state index is 6.31. The van der Waals surface area contributed by atoms with Crippen molar-refractivity contribution in [3.05, 3.63) is 47.7 Å². The number of halogens is 1. The van der Waals surface area contributed by atoms with Gasteiger partial charge in [0.2, 0.25) is 11.8 Å². The Morgan fingerprint density at radius 3 is 2.65 bits per heavy atom. The summed E-state index contributed by atoms with van der Waals surface area (Å²) in [5.74, 6) is 2.32. The maximum absolute atomic E-state index is 6.31. The highest BCUT2D eigenvalue weighted by molar-refractivity contribution is 6.22. The molecule has 3 unspecified atom stereocenters. The van der Waals surface area contributed by atoms with Crippen molar-refractivity contribution in [2.75, 3.05) is 0 Å². The van der Waals surface area contributed by atoms with Gasteiger partial charge in [-0.05, 0) is 17.9 Å². The van der Waals surface area contributed by atoms with Gasteiger partial charge in [-0.1, -0.05) is 37.3 Å². The highest BCUT2D eigenvalue weighted by Crippen LogP contribution is 2.46. The average Bonchev–Trinajstić information content (AvgIpc) is 2.92. The van der Waals surface area contributed by atoms with E-state index in [1.165, 1.54) is 0 Å². The predicted octanol–water partition coefficient (Wildman–Crippen LogP) is 3.52. The lowest BCUT2D eigenvalue weighted by molar-refractivity contribution is 0.451. The Hall–Kier alpha value is -1.35. The van der Waals surface area contributed by atoms with Crippen LogP contribution < -0.4 is 0 Å². The van der Waals surface area contributed by atoms with Crippen LogP contribution >= 0.6 is 11.6 Å². The van der Waals surface area contributed by atoms with Crippen LogP contribution in [-0.4, -0.2) is 10.2 Å². The largest absolute Gasteiger partial charge is 0.423 e. The number of rotatable bonds is 3. The zero-order chi connectivity index (χ0) is 11.8. The molecule has 0 saturated heterocycles. The van der Waals surface area contributed by atoms with Gasteiger partial charge in [0.1, 0.15) is 5.38 Å². The molecule has 2 aromatic rings. The molecule has 0 bridgehead atoms. The Balaban J connectivity index is 1.82. The van der Waals surface area contributed by atoms with E-state index in [4.69, 9.17) is 16.0 Å². The predicted molar refractivity (Wildman–Crippen MR) is 65.0 cm³/mol. The van der Waals surface area contributed by atoms with Gasteiger partial charge >= 0.3 is 0 Å². The molecule has 3 atom stereocenters. The van der Waals surface area contributed by atoms with Gasteiger partial charge in [0.15, 0.2) is 0 Å². The molecule has 0 aliphatic heterocycles. The van der Waals surface area contributed by atoms with E-state index in [1.807, 2.05) is 30.3 Å². The van der Waals surface area contributed by atoms with Crippen LogP contribution in [0.5, 0.6) is 0 Å². The van der Waals surface area contributed by atoms with E-state index >= 15 is 0 Å². The molecule has 1 aliphatic carbocycles. The molecule has 1 saturated carbocycles. The summed E-state index contributed by atoms with van der Waals surface area (Å²) in [4.78, 5) is 0. The minimum atomic E-state index is -0.355. The Labute approximate surface area is 105 Å². The Bertz CT molecular complexity index is 511. The summed E-state index contributed by atoms with van der Waals surface area (Å²) in [6.07, 6.45) is 1.14. The first kappa shape index (κ1) is 10.8. The smallest absolute Gasteiger partial charge is 0.238 e. The summed E-state index contributed by atoms with van der Waals surface area (Å²) >= 11 is 6.31. The Morgan fingerprint density at radius 1 is 1.29 bits per heavy atom. The monoisotopic (exact) mass is 248 g/mol. The van der Waals surface area contributed by atoms with E-state index in [-0.39, 0.29) is 5.38 Å². The highest BCUT2D eigenvalue weighted by Gasteiger charge is 2.39. The zero-order valence-electron chi connectivity index (χ0n) is 9.51. The SMILES string of the molecule is CC1CC1c1nnc(C(Cl)c2ccccc2)o1. The van der Waals surface area contributed by atoms with Gasteiger partial charge in [0.25, 0.3) is 0 Å². The van der Waals surface area contributed by atoms with Crippen molar-refractivity contribution in [2.45, 2.75) is 24.6 Å². The van der Waals surface area contributed by atoms with E-state index in [9.17, 15) is 0 Å². The van der Waals surface area contributed by atoms with Crippen molar-refractivity contribution >= 4 is 11.6 Å². The fraction of sp³-hybridized carbons (Fsp3) is 0.385. The molecule has 0 amide bonds. The van der Waals surface area contributed by atoms with Gasteiger partial charge < -0.3 is 4.42 Å². The molecule has 0 radical (unpaired) electrons. The van der Waals surface area contributed by atoms with Crippen molar-refractivity contribution in [1.29, 1.82) is 0 Å². The molecular formula is C13H13ClN2O. The first-order valence-electron chi connectivity index (χ1n) is 5.78. The lowest BCUT2D eigenvalue weighted by atomic mass is 10.1. The van der Waals surface area contributed by atoms with E-state index in [2.05, 4.69) is 17.1 Å². The summed E-state index contributed by atoms with van der Waals surface area (Å²) < 4.78 is 5.64. The fourth-order valence-electron chi connectivity index (χ4n) is 1.93. The second kappa shape index (κ2) is 4.15. The molecule has 17 heavy (non-hydrogen) atoms. The average molecular weight is 249 g/mol. The molecule has 1 aromatic carbocycles. The fourth-order valence-corrected chi connectivity index (χ4v) is 2.16. The molecule has 88 valence electrons. The Morgan fingerprint density at radius 2 is 2.00 bits per heavy atom. The van der Waals surface area contributed by atoms with Crippen LogP contribution in [0.25, 0.3) is 0 Å². The van der Waals surface area contributed by atoms with Crippen molar-refractivity contribution in [3.63, 3.8) is 0 Å². The zero-order valence-corrected chi connectivity index (χ0v) is 10.3. The summed E-state index contributed by atoms with van der Waals surface area (Å²) in [6, 6.07) is 9.77. The number of nitrogens with zero attached hydrogens (tertiary/aromatic N) is 2. The van der Waals surface area contributed by atoms with Gasteiger partial charge in [-0.2, -0.15) is 0 Å². The molecule has 0 N–H and O–H groups in total. The molecule has 4 heteroatoms. The molecule has 1 fully saturated rings. The van der Waals surface area contributed by atoms with Crippen LogP contribution in [-0.2, 0) is 0 Å². The first-order valence-corrected chi connectivity index (χ1v) is 6.21. The second-order valence-corrected chi connectivity index (χ2v) is 5.01. The number of hydrogen-bond donors (Lipinski definition) is 0. The Kier molecular flexibility index (Phi) is 2.63. The lowest BCUT2D eigenvalue weighted by Crippen LogP contribution is -1.92.